The van der Waals surface area contributed by atoms with Crippen molar-refractivity contribution in [3.63, 3.8) is 0 Å². The lowest BCUT2D eigenvalue weighted by Gasteiger charge is -2.01. The summed E-state index contributed by atoms with van der Waals surface area (Å²) in [5.74, 6) is -1.43. The first-order chi connectivity index (χ1) is 9.52. The van der Waals surface area contributed by atoms with E-state index in [4.69, 9.17) is 0 Å². The number of rotatable bonds is 5. The number of aryl methyl sites for hydroxylation is 1. The maximum atomic E-state index is 13.3. The molecule has 0 radical (unpaired) electrons. The van der Waals surface area contributed by atoms with E-state index in [9.17, 15) is 14.3 Å². The summed E-state index contributed by atoms with van der Waals surface area (Å²) in [6, 6.07) is 4.35. The highest BCUT2D eigenvalue weighted by molar-refractivity contribution is 9.10. The Morgan fingerprint density at radius 1 is 1.50 bits per heavy atom. The Hall–Kier alpha value is -1.69. The molecule has 0 aliphatic carbocycles. The summed E-state index contributed by atoms with van der Waals surface area (Å²) >= 11 is 3.10. The second-order valence-electron chi connectivity index (χ2n) is 4.44. The molecule has 20 heavy (non-hydrogen) atoms. The second-order valence-corrected chi connectivity index (χ2v) is 5.30. The number of hydrogen-bond acceptors (Lipinski definition) is 2. The number of carboxylic acids is 1. The molecule has 0 unspecified atom stereocenters. The number of halogens is 2. The van der Waals surface area contributed by atoms with Gasteiger partial charge in [0.25, 0.3) is 0 Å². The zero-order valence-electron chi connectivity index (χ0n) is 10.9. The molecule has 2 rings (SSSR count). The van der Waals surface area contributed by atoms with Gasteiger partial charge in [0.15, 0.2) is 0 Å². The molecule has 0 saturated carbocycles. The number of benzene rings is 1. The molecular weight excluding hydrogens is 327 g/mol. The van der Waals surface area contributed by atoms with Crippen molar-refractivity contribution in [1.82, 2.24) is 9.78 Å². The summed E-state index contributed by atoms with van der Waals surface area (Å²) in [6.07, 6.45) is 3.44. The molecular formula is C14H14BrFN2O2. The monoisotopic (exact) mass is 340 g/mol. The Balaban J connectivity index is 2.45. The Morgan fingerprint density at radius 3 is 2.85 bits per heavy atom. The van der Waals surface area contributed by atoms with Crippen molar-refractivity contribution in [2.45, 2.75) is 26.3 Å². The van der Waals surface area contributed by atoms with Crippen molar-refractivity contribution in [3.8, 4) is 11.3 Å². The quantitative estimate of drug-likeness (QED) is 0.896. The Labute approximate surface area is 124 Å². The largest absolute Gasteiger partial charge is 0.478 e. The first kappa shape index (κ1) is 14.7. The van der Waals surface area contributed by atoms with E-state index in [1.807, 2.05) is 0 Å². The second kappa shape index (κ2) is 6.17. The maximum absolute atomic E-state index is 13.3. The van der Waals surface area contributed by atoms with E-state index in [1.54, 1.807) is 4.68 Å². The predicted molar refractivity (Wildman–Crippen MR) is 77.2 cm³/mol. The summed E-state index contributed by atoms with van der Waals surface area (Å²) in [6.45, 7) is 2.72. The zero-order valence-corrected chi connectivity index (χ0v) is 12.5. The molecule has 1 aromatic heterocycles. The fraction of sp³-hybridized carbons (Fsp3) is 0.286. The van der Waals surface area contributed by atoms with Crippen LogP contribution >= 0.6 is 15.9 Å². The lowest BCUT2D eigenvalue weighted by molar-refractivity contribution is 0.0697. The standard InChI is InChI=1S/C14H14BrFN2O2/c1-2-3-6-18-8-10(14(19)20)13(17-18)9-4-5-12(16)11(15)7-9/h4-5,7-8H,2-3,6H2,1H3,(H,19,20). The average molecular weight is 341 g/mol. The fourth-order valence-electron chi connectivity index (χ4n) is 1.87. The number of nitrogens with zero attached hydrogens (tertiary/aromatic N) is 2. The van der Waals surface area contributed by atoms with E-state index in [1.165, 1.54) is 24.4 Å². The van der Waals surface area contributed by atoms with Gasteiger partial charge in [-0.1, -0.05) is 13.3 Å². The third-order valence-corrected chi connectivity index (χ3v) is 3.53. The van der Waals surface area contributed by atoms with Crippen molar-refractivity contribution in [2.75, 3.05) is 0 Å². The van der Waals surface area contributed by atoms with Gasteiger partial charge < -0.3 is 5.11 Å². The SMILES string of the molecule is CCCCn1cc(C(=O)O)c(-c2ccc(F)c(Br)c2)n1. The molecule has 0 amide bonds. The third-order valence-electron chi connectivity index (χ3n) is 2.93. The van der Waals surface area contributed by atoms with Gasteiger partial charge in [-0.3, -0.25) is 4.68 Å². The molecule has 2 aromatic rings. The average Bonchev–Trinajstić information content (AvgIpc) is 2.84. The molecule has 0 aliphatic heterocycles. The van der Waals surface area contributed by atoms with Crippen LogP contribution < -0.4 is 0 Å². The molecule has 0 bridgehead atoms. The number of aromatic nitrogens is 2. The highest BCUT2D eigenvalue weighted by Crippen LogP contribution is 2.27. The van der Waals surface area contributed by atoms with Crippen LogP contribution in [0.25, 0.3) is 11.3 Å². The van der Waals surface area contributed by atoms with E-state index in [-0.39, 0.29) is 10.0 Å². The molecule has 0 fully saturated rings. The smallest absolute Gasteiger partial charge is 0.339 e. The van der Waals surface area contributed by atoms with Crippen molar-refractivity contribution < 1.29 is 14.3 Å². The number of carboxylic acid groups (broad SMARTS) is 1. The summed E-state index contributed by atoms with van der Waals surface area (Å²) in [5, 5.41) is 13.6. The Bertz CT molecular complexity index is 640. The molecule has 0 aliphatic rings. The molecule has 0 saturated heterocycles. The summed E-state index contributed by atoms with van der Waals surface area (Å²) < 4.78 is 15.2. The molecule has 106 valence electrons. The third kappa shape index (κ3) is 3.07. The highest BCUT2D eigenvalue weighted by Gasteiger charge is 2.17. The van der Waals surface area contributed by atoms with Gasteiger partial charge in [0.05, 0.1) is 4.47 Å². The van der Waals surface area contributed by atoms with Gasteiger partial charge >= 0.3 is 5.97 Å². The van der Waals surface area contributed by atoms with E-state index < -0.39 is 11.8 Å². The Morgan fingerprint density at radius 2 is 2.25 bits per heavy atom. The van der Waals surface area contributed by atoms with Crippen molar-refractivity contribution in [1.29, 1.82) is 0 Å². The summed E-state index contributed by atoms with van der Waals surface area (Å²) in [7, 11) is 0. The minimum atomic E-state index is -1.04. The molecule has 1 N–H and O–H groups in total. The van der Waals surface area contributed by atoms with Gasteiger partial charge in [-0.25, -0.2) is 9.18 Å². The van der Waals surface area contributed by atoms with E-state index >= 15 is 0 Å². The van der Waals surface area contributed by atoms with Crippen molar-refractivity contribution in [2.24, 2.45) is 0 Å². The van der Waals surface area contributed by atoms with E-state index in [2.05, 4.69) is 28.0 Å². The van der Waals surface area contributed by atoms with Crippen molar-refractivity contribution in [3.05, 3.63) is 40.2 Å². The van der Waals surface area contributed by atoms with Crippen LogP contribution in [0.4, 0.5) is 4.39 Å². The first-order valence-electron chi connectivity index (χ1n) is 6.29. The zero-order chi connectivity index (χ0) is 14.7. The number of carbonyl (C=O) groups is 1. The molecule has 0 atom stereocenters. The number of unbranched alkanes of at least 4 members (excludes halogenated alkanes) is 1. The molecule has 6 heteroatoms. The fourth-order valence-corrected chi connectivity index (χ4v) is 2.25. The van der Waals surface area contributed by atoms with Crippen LogP contribution in [0.2, 0.25) is 0 Å². The highest BCUT2D eigenvalue weighted by atomic mass is 79.9. The van der Waals surface area contributed by atoms with Crippen LogP contribution in [0.15, 0.2) is 28.9 Å². The molecule has 4 nitrogen and oxygen atoms in total. The van der Waals surface area contributed by atoms with Crippen molar-refractivity contribution >= 4 is 21.9 Å². The predicted octanol–water partition coefficient (Wildman–Crippen LogP) is 3.95. The van der Waals surface area contributed by atoms with E-state index in [0.29, 0.717) is 17.8 Å². The molecule has 1 heterocycles. The maximum Gasteiger partial charge on any atom is 0.339 e. The van der Waals surface area contributed by atoms with Crippen LogP contribution in [0.1, 0.15) is 30.1 Å². The van der Waals surface area contributed by atoms with Crippen LogP contribution in [0.5, 0.6) is 0 Å². The van der Waals surface area contributed by atoms with Gasteiger partial charge in [-0.15, -0.1) is 0 Å². The number of hydrogen-bond donors (Lipinski definition) is 1. The van der Waals surface area contributed by atoms with Gasteiger partial charge in [0.1, 0.15) is 17.1 Å². The lowest BCUT2D eigenvalue weighted by atomic mass is 10.1. The van der Waals surface area contributed by atoms with Crippen LogP contribution in [0, 0.1) is 5.82 Å². The minimum Gasteiger partial charge on any atom is -0.478 e. The number of aromatic carboxylic acids is 1. The summed E-state index contributed by atoms with van der Waals surface area (Å²) in [4.78, 5) is 11.3. The van der Waals surface area contributed by atoms with Gasteiger partial charge in [0.2, 0.25) is 0 Å². The van der Waals surface area contributed by atoms with Crippen LogP contribution in [-0.4, -0.2) is 20.9 Å². The van der Waals surface area contributed by atoms with E-state index in [0.717, 1.165) is 12.8 Å². The Kier molecular flexibility index (Phi) is 4.54. The molecule has 1 aromatic carbocycles. The lowest BCUT2D eigenvalue weighted by Crippen LogP contribution is -1.98. The minimum absolute atomic E-state index is 0.125. The van der Waals surface area contributed by atoms with Gasteiger partial charge in [0, 0.05) is 18.3 Å². The normalized spacial score (nSPS) is 10.8. The van der Waals surface area contributed by atoms with Gasteiger partial charge in [-0.05, 0) is 40.5 Å². The first-order valence-corrected chi connectivity index (χ1v) is 7.08. The molecule has 0 spiro atoms. The van der Waals surface area contributed by atoms with Crippen LogP contribution in [-0.2, 0) is 6.54 Å². The van der Waals surface area contributed by atoms with Gasteiger partial charge in [-0.2, -0.15) is 5.10 Å². The van der Waals surface area contributed by atoms with Crippen LogP contribution in [0.3, 0.4) is 0 Å². The topological polar surface area (TPSA) is 55.1 Å². The summed E-state index contributed by atoms with van der Waals surface area (Å²) in [5.41, 5.74) is 1.06.